The van der Waals surface area contributed by atoms with Crippen molar-refractivity contribution in [3.8, 4) is 0 Å². The summed E-state index contributed by atoms with van der Waals surface area (Å²) in [4.78, 5) is 16.8. The van der Waals surface area contributed by atoms with Gasteiger partial charge in [0, 0.05) is 39.9 Å². The van der Waals surface area contributed by atoms with Crippen LogP contribution >= 0.6 is 11.6 Å². The minimum Gasteiger partial charge on any atom is -0.382 e. The van der Waals surface area contributed by atoms with Crippen LogP contribution in [0.2, 0.25) is 5.02 Å². The molecule has 0 atom stereocenters. The molecule has 3 aromatic rings. The van der Waals surface area contributed by atoms with Crippen molar-refractivity contribution < 1.29 is 9.18 Å². The van der Waals surface area contributed by atoms with E-state index in [-0.39, 0.29) is 17.8 Å². The molecular formula is C23H23ClFN3O. The first-order chi connectivity index (χ1) is 14.0. The van der Waals surface area contributed by atoms with Crippen LogP contribution in [0.1, 0.15) is 41.6 Å². The van der Waals surface area contributed by atoms with Gasteiger partial charge in [0.25, 0.3) is 5.91 Å². The average molecular weight is 412 g/mol. The molecule has 150 valence electrons. The van der Waals surface area contributed by atoms with Crippen molar-refractivity contribution in [2.45, 2.75) is 44.7 Å². The van der Waals surface area contributed by atoms with Crippen molar-refractivity contribution in [2.75, 3.05) is 5.32 Å². The Balaban J connectivity index is 1.35. The Morgan fingerprint density at radius 1 is 1.07 bits per heavy atom. The Hall–Kier alpha value is -2.66. The number of rotatable bonds is 4. The van der Waals surface area contributed by atoms with Crippen LogP contribution in [-0.2, 0) is 0 Å². The van der Waals surface area contributed by atoms with Crippen LogP contribution in [0, 0.1) is 12.7 Å². The molecule has 29 heavy (non-hydrogen) atoms. The third kappa shape index (κ3) is 4.51. The van der Waals surface area contributed by atoms with E-state index in [1.807, 2.05) is 24.3 Å². The van der Waals surface area contributed by atoms with Gasteiger partial charge < -0.3 is 10.6 Å². The maximum Gasteiger partial charge on any atom is 0.251 e. The zero-order valence-electron chi connectivity index (χ0n) is 16.2. The van der Waals surface area contributed by atoms with Gasteiger partial charge in [0.15, 0.2) is 0 Å². The van der Waals surface area contributed by atoms with E-state index in [1.165, 1.54) is 6.07 Å². The van der Waals surface area contributed by atoms with Crippen LogP contribution in [-0.4, -0.2) is 23.0 Å². The van der Waals surface area contributed by atoms with Gasteiger partial charge in [-0.2, -0.15) is 0 Å². The van der Waals surface area contributed by atoms with Crippen molar-refractivity contribution >= 4 is 34.1 Å². The number of carbonyl (C=O) groups is 1. The molecule has 1 fully saturated rings. The van der Waals surface area contributed by atoms with Gasteiger partial charge in [-0.15, -0.1) is 0 Å². The molecule has 2 N–H and O–H groups in total. The van der Waals surface area contributed by atoms with E-state index in [0.29, 0.717) is 22.2 Å². The lowest BCUT2D eigenvalue weighted by molar-refractivity contribution is 0.0926. The van der Waals surface area contributed by atoms with Gasteiger partial charge in [-0.1, -0.05) is 17.7 Å². The second kappa shape index (κ2) is 8.37. The summed E-state index contributed by atoms with van der Waals surface area (Å²) < 4.78 is 13.7. The molecule has 1 aromatic heterocycles. The zero-order chi connectivity index (χ0) is 20.4. The summed E-state index contributed by atoms with van der Waals surface area (Å²) in [5.74, 6) is -0.561. The number of benzene rings is 2. The largest absolute Gasteiger partial charge is 0.382 e. The number of hydrogen-bond acceptors (Lipinski definition) is 3. The Morgan fingerprint density at radius 2 is 1.83 bits per heavy atom. The maximum atomic E-state index is 13.7. The van der Waals surface area contributed by atoms with Gasteiger partial charge in [-0.25, -0.2) is 4.39 Å². The molecule has 1 heterocycles. The van der Waals surface area contributed by atoms with Crippen LogP contribution in [0.3, 0.4) is 0 Å². The first-order valence-corrected chi connectivity index (χ1v) is 10.3. The summed E-state index contributed by atoms with van der Waals surface area (Å²) in [5, 5.41) is 8.38. The van der Waals surface area contributed by atoms with Crippen LogP contribution in [0.25, 0.3) is 10.9 Å². The summed E-state index contributed by atoms with van der Waals surface area (Å²) in [7, 11) is 0. The fourth-order valence-electron chi connectivity index (χ4n) is 3.85. The molecule has 0 radical (unpaired) electrons. The lowest BCUT2D eigenvalue weighted by Crippen LogP contribution is -2.40. The van der Waals surface area contributed by atoms with Crippen molar-refractivity contribution in [2.24, 2.45) is 0 Å². The molecule has 0 aliphatic heterocycles. The topological polar surface area (TPSA) is 54.0 Å². The SMILES string of the molecule is Cc1ccc(C(=O)NC2CCC(Nc3ccnc4cc(Cl)ccc34)CC2)cc1F. The number of amides is 1. The minimum atomic E-state index is -0.351. The summed E-state index contributed by atoms with van der Waals surface area (Å²) in [6.45, 7) is 1.69. The number of nitrogens with one attached hydrogen (secondary N) is 2. The lowest BCUT2D eigenvalue weighted by Gasteiger charge is -2.30. The third-order valence-electron chi connectivity index (χ3n) is 5.56. The lowest BCUT2D eigenvalue weighted by atomic mass is 9.90. The molecule has 0 spiro atoms. The molecular weight excluding hydrogens is 389 g/mol. The van der Waals surface area contributed by atoms with Gasteiger partial charge in [0.1, 0.15) is 5.82 Å². The smallest absolute Gasteiger partial charge is 0.251 e. The molecule has 1 aliphatic carbocycles. The molecule has 4 nitrogen and oxygen atoms in total. The minimum absolute atomic E-state index is 0.109. The maximum absolute atomic E-state index is 13.7. The highest BCUT2D eigenvalue weighted by atomic mass is 35.5. The van der Waals surface area contributed by atoms with Crippen molar-refractivity contribution in [3.63, 3.8) is 0 Å². The van der Waals surface area contributed by atoms with Gasteiger partial charge in [0.2, 0.25) is 0 Å². The van der Waals surface area contributed by atoms with E-state index in [9.17, 15) is 9.18 Å². The Kier molecular flexibility index (Phi) is 5.67. The second-order valence-corrected chi connectivity index (χ2v) is 8.09. The highest BCUT2D eigenvalue weighted by Crippen LogP contribution is 2.28. The highest BCUT2D eigenvalue weighted by molar-refractivity contribution is 6.31. The van der Waals surface area contributed by atoms with Gasteiger partial charge in [-0.3, -0.25) is 9.78 Å². The van der Waals surface area contributed by atoms with Gasteiger partial charge >= 0.3 is 0 Å². The number of pyridine rings is 1. The average Bonchev–Trinajstić information content (AvgIpc) is 2.71. The Bertz CT molecular complexity index is 1050. The molecule has 0 unspecified atom stereocenters. The molecule has 2 aromatic carbocycles. The van der Waals surface area contributed by atoms with Crippen LogP contribution in [0.5, 0.6) is 0 Å². The normalized spacial score (nSPS) is 19.1. The number of aromatic nitrogens is 1. The van der Waals surface area contributed by atoms with E-state index in [0.717, 1.165) is 42.3 Å². The van der Waals surface area contributed by atoms with Crippen molar-refractivity contribution in [1.29, 1.82) is 0 Å². The second-order valence-electron chi connectivity index (χ2n) is 7.65. The van der Waals surface area contributed by atoms with Crippen molar-refractivity contribution in [1.82, 2.24) is 10.3 Å². The van der Waals surface area contributed by atoms with E-state index >= 15 is 0 Å². The number of aryl methyl sites for hydroxylation is 1. The van der Waals surface area contributed by atoms with Crippen LogP contribution in [0.4, 0.5) is 10.1 Å². The van der Waals surface area contributed by atoms with Crippen molar-refractivity contribution in [3.05, 3.63) is 70.6 Å². The fourth-order valence-corrected chi connectivity index (χ4v) is 4.02. The summed E-state index contributed by atoms with van der Waals surface area (Å²) in [5.41, 5.74) is 2.83. The summed E-state index contributed by atoms with van der Waals surface area (Å²) >= 11 is 6.07. The number of carbonyl (C=O) groups excluding carboxylic acids is 1. The summed E-state index contributed by atoms with van der Waals surface area (Å²) in [6, 6.07) is 12.8. The molecule has 6 heteroatoms. The van der Waals surface area contributed by atoms with E-state index < -0.39 is 0 Å². The zero-order valence-corrected chi connectivity index (χ0v) is 17.0. The Labute approximate surface area is 174 Å². The first kappa shape index (κ1) is 19.6. The quantitative estimate of drug-likeness (QED) is 0.597. The predicted octanol–water partition coefficient (Wildman–Crippen LogP) is 5.49. The molecule has 0 bridgehead atoms. The third-order valence-corrected chi connectivity index (χ3v) is 5.80. The first-order valence-electron chi connectivity index (χ1n) is 9.87. The fraction of sp³-hybridized carbons (Fsp3) is 0.304. The van der Waals surface area contributed by atoms with E-state index in [2.05, 4.69) is 15.6 Å². The monoisotopic (exact) mass is 411 g/mol. The molecule has 1 amide bonds. The number of anilines is 1. The van der Waals surface area contributed by atoms with E-state index in [4.69, 9.17) is 11.6 Å². The molecule has 0 saturated heterocycles. The highest BCUT2D eigenvalue weighted by Gasteiger charge is 2.23. The van der Waals surface area contributed by atoms with Crippen LogP contribution < -0.4 is 10.6 Å². The number of halogens is 2. The number of hydrogen-bond donors (Lipinski definition) is 2. The Morgan fingerprint density at radius 3 is 2.59 bits per heavy atom. The number of fused-ring (bicyclic) bond motifs is 1. The molecule has 4 rings (SSSR count). The van der Waals surface area contributed by atoms with E-state index in [1.54, 1.807) is 25.3 Å². The molecule has 1 saturated carbocycles. The van der Waals surface area contributed by atoms with Crippen LogP contribution in [0.15, 0.2) is 48.7 Å². The standard InChI is InChI=1S/C23H23ClFN3O/c1-14-2-3-15(12-20(14)25)23(29)28-18-7-5-17(6-8-18)27-21-10-11-26-22-13-16(24)4-9-19(21)22/h2-4,9-13,17-18H,5-8H2,1H3,(H,26,27)(H,28,29). The number of nitrogens with zero attached hydrogens (tertiary/aromatic N) is 1. The summed E-state index contributed by atoms with van der Waals surface area (Å²) in [6.07, 6.45) is 5.45. The molecule has 1 aliphatic rings. The van der Waals surface area contributed by atoms with Gasteiger partial charge in [0.05, 0.1) is 5.52 Å². The van der Waals surface area contributed by atoms with Gasteiger partial charge in [-0.05, 0) is 74.6 Å². The predicted molar refractivity (Wildman–Crippen MR) is 115 cm³/mol.